The smallest absolute Gasteiger partial charge is 0.356 e. The first-order chi connectivity index (χ1) is 20.3. The highest BCUT2D eigenvalue weighted by Gasteiger charge is 2.55. The zero-order valence-electron chi connectivity index (χ0n) is 22.7. The van der Waals surface area contributed by atoms with Gasteiger partial charge in [0.25, 0.3) is 5.91 Å². The first-order valence-electron chi connectivity index (χ1n) is 12.9. The van der Waals surface area contributed by atoms with Crippen LogP contribution in [-0.4, -0.2) is 64.2 Å². The summed E-state index contributed by atoms with van der Waals surface area (Å²) in [6.07, 6.45) is -2.05. The van der Waals surface area contributed by atoms with E-state index in [9.17, 15) is 19.2 Å². The van der Waals surface area contributed by atoms with Gasteiger partial charge in [0.05, 0.1) is 12.1 Å². The lowest BCUT2D eigenvalue weighted by molar-refractivity contribution is -0.166. The van der Waals surface area contributed by atoms with Gasteiger partial charge >= 0.3 is 11.9 Å². The van der Waals surface area contributed by atoms with Crippen molar-refractivity contribution in [2.45, 2.75) is 37.2 Å². The van der Waals surface area contributed by atoms with E-state index in [4.69, 9.17) is 19.9 Å². The number of nitrogens with two attached hydrogens (primary N) is 1. The number of thioether (sulfide) groups is 1. The van der Waals surface area contributed by atoms with Crippen LogP contribution in [0.5, 0.6) is 0 Å². The van der Waals surface area contributed by atoms with Crippen molar-refractivity contribution in [1.82, 2.24) is 15.2 Å². The summed E-state index contributed by atoms with van der Waals surface area (Å²) in [7, 11) is 1.34. The minimum atomic E-state index is -1.22. The maximum Gasteiger partial charge on any atom is 0.356 e. The van der Waals surface area contributed by atoms with Crippen molar-refractivity contribution < 1.29 is 33.4 Å². The van der Waals surface area contributed by atoms with Crippen LogP contribution in [0.25, 0.3) is 0 Å². The van der Waals surface area contributed by atoms with Gasteiger partial charge in [0, 0.05) is 30.7 Å². The van der Waals surface area contributed by atoms with E-state index < -0.39 is 47.6 Å². The first kappa shape index (κ1) is 29.3. The Balaban J connectivity index is 1.44. The number of nitrogen functional groups attached to an aromatic ring is 1. The maximum absolute atomic E-state index is 14.0. The molecule has 2 amide bonds. The molecule has 218 valence electrons. The van der Waals surface area contributed by atoms with Gasteiger partial charge in [0.2, 0.25) is 12.2 Å². The largest absolute Gasteiger partial charge is 0.448 e. The van der Waals surface area contributed by atoms with Crippen LogP contribution in [0.2, 0.25) is 0 Å². The minimum absolute atomic E-state index is 0.0428. The van der Waals surface area contributed by atoms with Crippen molar-refractivity contribution in [1.29, 1.82) is 0 Å². The van der Waals surface area contributed by atoms with E-state index in [1.54, 1.807) is 5.38 Å². The Kier molecular flexibility index (Phi) is 8.90. The van der Waals surface area contributed by atoms with Crippen LogP contribution < -0.4 is 11.1 Å². The van der Waals surface area contributed by atoms with E-state index in [0.717, 1.165) is 11.1 Å². The highest BCUT2D eigenvalue weighted by molar-refractivity contribution is 8.00. The monoisotopic (exact) mass is 608 g/mol. The minimum Gasteiger partial charge on any atom is -0.448 e. The lowest BCUT2D eigenvalue weighted by Gasteiger charge is -2.50. The van der Waals surface area contributed by atoms with E-state index >= 15 is 0 Å². The van der Waals surface area contributed by atoms with Gasteiger partial charge in [-0.1, -0.05) is 60.7 Å². The predicted octanol–water partition coefficient (Wildman–Crippen LogP) is 2.79. The van der Waals surface area contributed by atoms with Crippen LogP contribution in [0.15, 0.2) is 77.3 Å². The Morgan fingerprint density at radius 3 is 2.26 bits per heavy atom. The van der Waals surface area contributed by atoms with Crippen molar-refractivity contribution in [3.05, 3.63) is 94.1 Å². The predicted molar refractivity (Wildman–Crippen MR) is 156 cm³/mol. The molecule has 42 heavy (non-hydrogen) atoms. The molecule has 1 saturated heterocycles. The molecule has 3 aromatic rings. The molecule has 3 atom stereocenters. The van der Waals surface area contributed by atoms with Gasteiger partial charge in [-0.2, -0.15) is 0 Å². The van der Waals surface area contributed by atoms with Gasteiger partial charge < -0.3 is 25.3 Å². The molecule has 3 heterocycles. The summed E-state index contributed by atoms with van der Waals surface area (Å²) in [6.45, 7) is 1.22. The summed E-state index contributed by atoms with van der Waals surface area (Å²) in [4.78, 5) is 57.4. The lowest BCUT2D eigenvalue weighted by Crippen LogP contribution is -2.71. The zero-order chi connectivity index (χ0) is 29.8. The molecule has 3 N–H and O–H groups in total. The summed E-state index contributed by atoms with van der Waals surface area (Å²) in [5, 5.41) is 4.18. The SMILES string of the molecule is COC(OC(C)=O)C1=C(C(=O)OC(c2ccccc2)c2ccccc2)N2C(=O)[C@H](NC(=O)Cc3csc(N)n3)[C@H]2SC1. The molecule has 0 spiro atoms. The molecule has 2 aromatic carbocycles. The number of thiazole rings is 1. The summed E-state index contributed by atoms with van der Waals surface area (Å²) in [6, 6.07) is 17.5. The molecule has 0 aliphatic carbocycles. The van der Waals surface area contributed by atoms with Gasteiger partial charge in [0.1, 0.15) is 17.1 Å². The average molecular weight is 609 g/mol. The molecule has 1 unspecified atom stereocenters. The third-order valence-corrected chi connectivity index (χ3v) is 8.64. The number of methoxy groups -OCH3 is 1. The number of hydrogen-bond donors (Lipinski definition) is 2. The fourth-order valence-corrected chi connectivity index (χ4v) is 6.69. The quantitative estimate of drug-likeness (QED) is 0.200. The highest BCUT2D eigenvalue weighted by atomic mass is 32.2. The lowest BCUT2D eigenvalue weighted by atomic mass is 10.0. The second kappa shape index (κ2) is 12.8. The summed E-state index contributed by atoms with van der Waals surface area (Å²) < 4.78 is 16.8. The van der Waals surface area contributed by atoms with Crippen LogP contribution in [0.4, 0.5) is 5.13 Å². The molecular weight excluding hydrogens is 580 g/mol. The molecule has 5 rings (SSSR count). The van der Waals surface area contributed by atoms with Crippen molar-refractivity contribution >= 4 is 52.0 Å². The van der Waals surface area contributed by atoms with Gasteiger partial charge in [0.15, 0.2) is 11.2 Å². The van der Waals surface area contributed by atoms with Gasteiger partial charge in [-0.25, -0.2) is 9.78 Å². The first-order valence-corrected chi connectivity index (χ1v) is 14.9. The number of amides is 2. The molecule has 11 nitrogen and oxygen atoms in total. The molecule has 0 radical (unpaired) electrons. The summed E-state index contributed by atoms with van der Waals surface area (Å²) in [5.74, 6) is -2.14. The number of β-lactam (4-membered cyclic amide) rings is 1. The molecular formula is C29H28N4O7S2. The van der Waals surface area contributed by atoms with E-state index in [1.807, 2.05) is 60.7 Å². The number of fused-ring (bicyclic) bond motifs is 1. The Labute approximate surface area is 250 Å². The Bertz CT molecular complexity index is 1470. The number of aromatic nitrogens is 1. The number of nitrogens with one attached hydrogen (secondary N) is 1. The van der Waals surface area contributed by atoms with Crippen molar-refractivity contribution in [3.8, 4) is 0 Å². The maximum atomic E-state index is 14.0. The Morgan fingerprint density at radius 2 is 1.71 bits per heavy atom. The fourth-order valence-electron chi connectivity index (χ4n) is 4.76. The number of carbonyl (C=O) groups is 4. The van der Waals surface area contributed by atoms with Gasteiger partial charge in [-0.05, 0) is 11.1 Å². The van der Waals surface area contributed by atoms with Gasteiger partial charge in [-0.3, -0.25) is 19.3 Å². The number of rotatable bonds is 10. The molecule has 1 fully saturated rings. The Hall–Kier alpha value is -4.20. The molecule has 0 bridgehead atoms. The van der Waals surface area contributed by atoms with E-state index in [2.05, 4.69) is 10.3 Å². The zero-order valence-corrected chi connectivity index (χ0v) is 24.4. The molecule has 1 aromatic heterocycles. The number of anilines is 1. The fraction of sp³-hybridized carbons (Fsp3) is 0.276. The number of benzene rings is 2. The average Bonchev–Trinajstić information content (AvgIpc) is 3.41. The van der Waals surface area contributed by atoms with Crippen LogP contribution in [-0.2, 0) is 39.8 Å². The van der Waals surface area contributed by atoms with E-state index in [1.165, 1.54) is 42.0 Å². The molecule has 13 heteroatoms. The normalized spacial score (nSPS) is 18.6. The van der Waals surface area contributed by atoms with Crippen molar-refractivity contribution in [3.63, 3.8) is 0 Å². The van der Waals surface area contributed by atoms with Gasteiger partial charge in [-0.15, -0.1) is 23.1 Å². The van der Waals surface area contributed by atoms with Crippen LogP contribution in [0, 0.1) is 0 Å². The molecule has 2 aliphatic heterocycles. The number of nitrogens with zero attached hydrogens (tertiary/aromatic N) is 2. The third-order valence-electron chi connectivity index (χ3n) is 6.62. The van der Waals surface area contributed by atoms with E-state index in [-0.39, 0.29) is 23.4 Å². The van der Waals surface area contributed by atoms with Crippen LogP contribution in [0.1, 0.15) is 29.8 Å². The standard InChI is InChI=1S/C29H28N4O7S2/c1-16(34)39-28(38-2)20-15-41-26-22(32-21(35)13-19-14-42-29(30)31-19)25(36)33(26)23(20)27(37)40-24(17-9-5-3-6-10-17)18-11-7-4-8-12-18/h3-12,14,22,24,26,28H,13,15H2,1-2H3,(H2,30,31)(H,32,35)/t22-,26+,28?/m0/s1. The topological polar surface area (TPSA) is 150 Å². The van der Waals surface area contributed by atoms with Crippen molar-refractivity contribution in [2.24, 2.45) is 0 Å². The third kappa shape index (κ3) is 6.17. The van der Waals surface area contributed by atoms with Crippen LogP contribution in [0.3, 0.4) is 0 Å². The van der Waals surface area contributed by atoms with E-state index in [0.29, 0.717) is 10.8 Å². The molecule has 2 aliphatic rings. The number of esters is 2. The van der Waals surface area contributed by atoms with Crippen LogP contribution >= 0.6 is 23.1 Å². The Morgan fingerprint density at radius 1 is 1.07 bits per heavy atom. The molecule has 0 saturated carbocycles. The van der Waals surface area contributed by atoms with Crippen molar-refractivity contribution in [2.75, 3.05) is 18.6 Å². The number of ether oxygens (including phenoxy) is 3. The highest BCUT2D eigenvalue weighted by Crippen LogP contribution is 2.43. The second-order valence-corrected chi connectivity index (χ2v) is 11.5. The number of carbonyl (C=O) groups excluding carboxylic acids is 4. The summed E-state index contributed by atoms with van der Waals surface area (Å²) in [5.41, 5.74) is 7.81. The number of hydrogen-bond acceptors (Lipinski definition) is 11. The summed E-state index contributed by atoms with van der Waals surface area (Å²) >= 11 is 2.53. The second-order valence-electron chi connectivity index (χ2n) is 9.47.